The summed E-state index contributed by atoms with van der Waals surface area (Å²) in [7, 11) is 0. The van der Waals surface area contributed by atoms with Gasteiger partial charge in [-0.2, -0.15) is 0 Å². The molecule has 1 aromatic heterocycles. The first-order chi connectivity index (χ1) is 9.34. The van der Waals surface area contributed by atoms with E-state index >= 15 is 0 Å². The number of anilines is 2. The maximum absolute atomic E-state index is 11.5. The van der Waals surface area contributed by atoms with E-state index in [0.29, 0.717) is 10.8 Å². The minimum absolute atomic E-state index is 0.162. The fourth-order valence-corrected chi connectivity index (χ4v) is 2.42. The number of hydrogen-bond donors (Lipinski definition) is 3. The molecule has 0 unspecified atom stereocenters. The molecule has 110 valence electrons. The zero-order chi connectivity index (χ0) is 14.9. The van der Waals surface area contributed by atoms with Crippen molar-refractivity contribution >= 4 is 28.7 Å². The maximum Gasteiger partial charge on any atom is 0.276 e. The fourth-order valence-electron chi connectivity index (χ4n) is 2.29. The summed E-state index contributed by atoms with van der Waals surface area (Å²) in [6, 6.07) is 0. The molecule has 7 nitrogen and oxygen atoms in total. The highest BCUT2D eigenvalue weighted by molar-refractivity contribution is 7.80. The summed E-state index contributed by atoms with van der Waals surface area (Å²) >= 11 is 5.12. The van der Waals surface area contributed by atoms with Crippen molar-refractivity contribution in [2.24, 2.45) is 5.73 Å². The predicted molar refractivity (Wildman–Crippen MR) is 83.9 cm³/mol. The zero-order valence-corrected chi connectivity index (χ0v) is 12.5. The molecule has 1 aliphatic heterocycles. The molecule has 0 aliphatic carbocycles. The van der Waals surface area contributed by atoms with Gasteiger partial charge in [0, 0.05) is 26.2 Å². The van der Waals surface area contributed by atoms with Crippen molar-refractivity contribution in [3.63, 3.8) is 0 Å². The number of hydrogen-bond acceptors (Lipinski definition) is 6. The number of rotatable bonds is 3. The first kappa shape index (κ1) is 14.7. The van der Waals surface area contributed by atoms with E-state index in [2.05, 4.69) is 14.9 Å². The number of nitrogen functional groups attached to an aromatic ring is 1. The van der Waals surface area contributed by atoms with E-state index in [9.17, 15) is 4.79 Å². The largest absolute Gasteiger partial charge is 0.392 e. The van der Waals surface area contributed by atoms with E-state index in [1.54, 1.807) is 0 Å². The standard InChI is InChI=1S/C12H20N6OS/c1-12(2,11(14)20)18-5-3-17(4-6-18)9-8(13)10(19)16-7-15-9/h7H,3-6,13H2,1-2H3,(H2,14,20)(H,15,16,19). The van der Waals surface area contributed by atoms with Crippen LogP contribution < -0.4 is 21.9 Å². The summed E-state index contributed by atoms with van der Waals surface area (Å²) < 4.78 is 0. The summed E-state index contributed by atoms with van der Waals surface area (Å²) in [5.74, 6) is 0.543. The Morgan fingerprint density at radius 2 is 2.00 bits per heavy atom. The van der Waals surface area contributed by atoms with E-state index in [-0.39, 0.29) is 16.8 Å². The smallest absolute Gasteiger partial charge is 0.276 e. The number of H-pyrrole nitrogens is 1. The lowest BCUT2D eigenvalue weighted by Gasteiger charge is -2.43. The lowest BCUT2D eigenvalue weighted by molar-refractivity contribution is 0.168. The van der Waals surface area contributed by atoms with Gasteiger partial charge in [0.05, 0.1) is 16.9 Å². The van der Waals surface area contributed by atoms with Crippen LogP contribution in [0.15, 0.2) is 11.1 Å². The van der Waals surface area contributed by atoms with Crippen molar-refractivity contribution in [2.75, 3.05) is 36.8 Å². The second kappa shape index (κ2) is 5.37. The number of nitrogens with zero attached hydrogens (tertiary/aromatic N) is 3. The molecule has 1 saturated heterocycles. The van der Waals surface area contributed by atoms with Crippen LogP contribution in [-0.4, -0.2) is 51.6 Å². The number of piperazine rings is 1. The Labute approximate surface area is 123 Å². The van der Waals surface area contributed by atoms with Gasteiger partial charge in [-0.05, 0) is 13.8 Å². The predicted octanol–water partition coefficient (Wildman–Crippen LogP) is -0.461. The van der Waals surface area contributed by atoms with E-state index < -0.39 is 0 Å². The molecular weight excluding hydrogens is 276 g/mol. The average Bonchev–Trinajstić information content (AvgIpc) is 2.42. The second-order valence-corrected chi connectivity index (χ2v) is 5.81. The third-order valence-corrected chi connectivity index (χ3v) is 4.34. The first-order valence-electron chi connectivity index (χ1n) is 6.47. The Morgan fingerprint density at radius 3 is 2.55 bits per heavy atom. The third kappa shape index (κ3) is 2.61. The summed E-state index contributed by atoms with van der Waals surface area (Å²) in [5.41, 5.74) is 11.1. The molecule has 0 atom stereocenters. The Bertz CT molecular complexity index is 561. The average molecular weight is 296 g/mol. The van der Waals surface area contributed by atoms with Crippen molar-refractivity contribution in [3.8, 4) is 0 Å². The third-order valence-electron chi connectivity index (χ3n) is 3.84. The minimum atomic E-state index is -0.311. The molecule has 0 radical (unpaired) electrons. The molecule has 0 amide bonds. The molecule has 0 saturated carbocycles. The summed E-state index contributed by atoms with van der Waals surface area (Å²) in [4.78, 5) is 22.9. The van der Waals surface area contributed by atoms with Crippen LogP contribution in [0.2, 0.25) is 0 Å². The van der Waals surface area contributed by atoms with E-state index in [4.69, 9.17) is 23.7 Å². The quantitative estimate of drug-likeness (QED) is 0.648. The Balaban J connectivity index is 2.10. The molecule has 5 N–H and O–H groups in total. The highest BCUT2D eigenvalue weighted by Gasteiger charge is 2.32. The number of nitrogens with two attached hydrogens (primary N) is 2. The van der Waals surface area contributed by atoms with Gasteiger partial charge in [0.2, 0.25) is 0 Å². The molecule has 0 aromatic carbocycles. The highest BCUT2D eigenvalue weighted by Crippen LogP contribution is 2.21. The van der Waals surface area contributed by atoms with Gasteiger partial charge >= 0.3 is 0 Å². The van der Waals surface area contributed by atoms with Gasteiger partial charge in [0.25, 0.3) is 5.56 Å². The van der Waals surface area contributed by atoms with Crippen molar-refractivity contribution in [2.45, 2.75) is 19.4 Å². The first-order valence-corrected chi connectivity index (χ1v) is 6.88. The van der Waals surface area contributed by atoms with Crippen LogP contribution in [0, 0.1) is 0 Å². The summed E-state index contributed by atoms with van der Waals surface area (Å²) in [6.45, 7) is 7.07. The SMILES string of the molecule is CC(C)(C(N)=S)N1CCN(c2nc[nH]c(=O)c2N)CC1. The van der Waals surface area contributed by atoms with Crippen molar-refractivity contribution in [1.29, 1.82) is 0 Å². The lowest BCUT2D eigenvalue weighted by Crippen LogP contribution is -2.59. The lowest BCUT2D eigenvalue weighted by atomic mass is 10.0. The monoisotopic (exact) mass is 296 g/mol. The summed E-state index contributed by atoms with van der Waals surface area (Å²) in [6.07, 6.45) is 1.37. The van der Waals surface area contributed by atoms with Crippen LogP contribution >= 0.6 is 12.2 Å². The van der Waals surface area contributed by atoms with Gasteiger partial charge < -0.3 is 21.4 Å². The molecule has 0 spiro atoms. The molecule has 1 aliphatic rings. The molecular formula is C12H20N6OS. The number of nitrogens with one attached hydrogen (secondary N) is 1. The van der Waals surface area contributed by atoms with Gasteiger partial charge in [-0.15, -0.1) is 0 Å². The van der Waals surface area contributed by atoms with E-state index in [1.165, 1.54) is 6.33 Å². The minimum Gasteiger partial charge on any atom is -0.392 e. The molecule has 8 heteroatoms. The topological polar surface area (TPSA) is 104 Å². The maximum atomic E-state index is 11.5. The molecule has 20 heavy (non-hydrogen) atoms. The highest BCUT2D eigenvalue weighted by atomic mass is 32.1. The molecule has 2 rings (SSSR count). The van der Waals surface area contributed by atoms with Crippen LogP contribution in [0.3, 0.4) is 0 Å². The second-order valence-electron chi connectivity index (χ2n) is 5.37. The van der Waals surface area contributed by atoms with Crippen molar-refractivity contribution in [3.05, 3.63) is 16.7 Å². The van der Waals surface area contributed by atoms with Crippen LogP contribution in [0.4, 0.5) is 11.5 Å². The van der Waals surface area contributed by atoms with Crippen molar-refractivity contribution < 1.29 is 0 Å². The van der Waals surface area contributed by atoms with Gasteiger partial charge in [0.15, 0.2) is 5.82 Å². The van der Waals surface area contributed by atoms with Crippen LogP contribution in [0.5, 0.6) is 0 Å². The van der Waals surface area contributed by atoms with E-state index in [0.717, 1.165) is 26.2 Å². The van der Waals surface area contributed by atoms with E-state index in [1.807, 2.05) is 18.7 Å². The Morgan fingerprint density at radius 1 is 1.40 bits per heavy atom. The fraction of sp³-hybridized carbons (Fsp3) is 0.583. The van der Waals surface area contributed by atoms with Crippen LogP contribution in [0.1, 0.15) is 13.8 Å². The van der Waals surface area contributed by atoms with Gasteiger partial charge in [0.1, 0.15) is 5.69 Å². The normalized spacial score (nSPS) is 17.2. The van der Waals surface area contributed by atoms with Crippen LogP contribution in [0.25, 0.3) is 0 Å². The zero-order valence-electron chi connectivity index (χ0n) is 11.7. The molecule has 0 bridgehead atoms. The number of aromatic nitrogens is 2. The molecule has 2 heterocycles. The van der Waals surface area contributed by atoms with Gasteiger partial charge in [-0.3, -0.25) is 9.69 Å². The Hall–Kier alpha value is -1.67. The van der Waals surface area contributed by atoms with Gasteiger partial charge in [-0.1, -0.05) is 12.2 Å². The molecule has 1 aromatic rings. The number of thiocarbonyl (C=S) groups is 1. The molecule has 1 fully saturated rings. The van der Waals surface area contributed by atoms with Crippen LogP contribution in [-0.2, 0) is 0 Å². The van der Waals surface area contributed by atoms with Gasteiger partial charge in [-0.25, -0.2) is 4.98 Å². The summed E-state index contributed by atoms with van der Waals surface area (Å²) in [5, 5.41) is 0. The number of aromatic amines is 1. The Kier molecular flexibility index (Phi) is 3.96. The van der Waals surface area contributed by atoms with Crippen molar-refractivity contribution in [1.82, 2.24) is 14.9 Å².